The van der Waals surface area contributed by atoms with Crippen molar-refractivity contribution in [2.24, 2.45) is 0 Å². The molecule has 0 aliphatic heterocycles. The normalized spacial score (nSPS) is 12.2. The number of likely N-dealkylation sites (N-methyl/N-ethyl adjacent to an activating group) is 1. The van der Waals surface area contributed by atoms with E-state index >= 15 is 0 Å². The molecule has 4 heteroatoms. The minimum absolute atomic E-state index is 0.186. The Balaban J connectivity index is 2.32. The molecule has 0 aliphatic rings. The van der Waals surface area contributed by atoms with Crippen LogP contribution in [-0.2, 0) is 6.42 Å². The molecule has 0 fully saturated rings. The highest BCUT2D eigenvalue weighted by molar-refractivity contribution is 9.10. The minimum atomic E-state index is 0.186. The van der Waals surface area contributed by atoms with Crippen molar-refractivity contribution >= 4 is 27.5 Å². The molecule has 0 radical (unpaired) electrons. The number of aryl methyl sites for hydroxylation is 1. The van der Waals surface area contributed by atoms with Crippen molar-refractivity contribution in [2.75, 3.05) is 14.2 Å². The predicted octanol–water partition coefficient (Wildman–Crippen LogP) is 4.92. The average Bonchev–Trinajstić information content (AvgIpc) is 2.43. The van der Waals surface area contributed by atoms with Crippen LogP contribution in [0.25, 0.3) is 0 Å². The van der Waals surface area contributed by atoms with Gasteiger partial charge >= 0.3 is 0 Å². The molecule has 2 aromatic rings. The van der Waals surface area contributed by atoms with Gasteiger partial charge in [0.05, 0.1) is 7.11 Å². The maximum atomic E-state index is 6.18. The van der Waals surface area contributed by atoms with Crippen LogP contribution in [0.1, 0.15) is 22.7 Å². The molecule has 0 aromatic heterocycles. The van der Waals surface area contributed by atoms with E-state index in [9.17, 15) is 0 Å². The molecular formula is C17H19BrClNO. The van der Waals surface area contributed by atoms with Crippen molar-refractivity contribution in [3.63, 3.8) is 0 Å². The summed E-state index contributed by atoms with van der Waals surface area (Å²) in [6.07, 6.45) is 0.832. The van der Waals surface area contributed by atoms with Crippen LogP contribution in [0.5, 0.6) is 5.75 Å². The molecule has 112 valence electrons. The van der Waals surface area contributed by atoms with Gasteiger partial charge in [-0.05, 0) is 67.4 Å². The highest BCUT2D eigenvalue weighted by Gasteiger charge is 2.14. The van der Waals surface area contributed by atoms with Crippen LogP contribution in [-0.4, -0.2) is 14.2 Å². The smallest absolute Gasteiger partial charge is 0.122 e. The van der Waals surface area contributed by atoms with Crippen LogP contribution in [0.15, 0.2) is 40.9 Å². The van der Waals surface area contributed by atoms with Crippen molar-refractivity contribution in [1.29, 1.82) is 0 Å². The summed E-state index contributed by atoms with van der Waals surface area (Å²) in [5, 5.41) is 4.13. The number of nitrogens with one attached hydrogen (secondary N) is 1. The van der Waals surface area contributed by atoms with E-state index in [0.717, 1.165) is 27.2 Å². The monoisotopic (exact) mass is 367 g/mol. The average molecular weight is 369 g/mol. The van der Waals surface area contributed by atoms with Gasteiger partial charge in [-0.1, -0.05) is 33.6 Å². The van der Waals surface area contributed by atoms with Gasteiger partial charge in [0, 0.05) is 15.5 Å². The lowest BCUT2D eigenvalue weighted by Crippen LogP contribution is -2.19. The van der Waals surface area contributed by atoms with Gasteiger partial charge in [-0.15, -0.1) is 0 Å². The summed E-state index contributed by atoms with van der Waals surface area (Å²) in [5.74, 6) is 0.900. The first-order valence-electron chi connectivity index (χ1n) is 6.80. The van der Waals surface area contributed by atoms with Crippen LogP contribution >= 0.6 is 27.5 Å². The highest BCUT2D eigenvalue weighted by Crippen LogP contribution is 2.29. The lowest BCUT2D eigenvalue weighted by atomic mass is 9.97. The van der Waals surface area contributed by atoms with Crippen molar-refractivity contribution in [2.45, 2.75) is 19.4 Å². The quantitative estimate of drug-likeness (QED) is 0.808. The van der Waals surface area contributed by atoms with Gasteiger partial charge in [-0.25, -0.2) is 0 Å². The Bertz CT molecular complexity index is 610. The van der Waals surface area contributed by atoms with E-state index in [1.807, 2.05) is 31.3 Å². The Kier molecular flexibility index (Phi) is 5.68. The maximum absolute atomic E-state index is 6.18. The molecule has 0 saturated heterocycles. The molecule has 0 bridgehead atoms. The second-order valence-corrected chi connectivity index (χ2v) is 6.42. The Labute approximate surface area is 139 Å². The van der Waals surface area contributed by atoms with E-state index in [0.29, 0.717) is 0 Å². The number of hydrogen-bond donors (Lipinski definition) is 1. The van der Waals surface area contributed by atoms with Gasteiger partial charge in [-0.3, -0.25) is 0 Å². The van der Waals surface area contributed by atoms with E-state index in [2.05, 4.69) is 40.3 Å². The van der Waals surface area contributed by atoms with E-state index in [1.54, 1.807) is 7.11 Å². The van der Waals surface area contributed by atoms with Crippen LogP contribution < -0.4 is 10.1 Å². The van der Waals surface area contributed by atoms with Gasteiger partial charge in [0.2, 0.25) is 0 Å². The molecule has 2 rings (SSSR count). The van der Waals surface area contributed by atoms with Crippen molar-refractivity contribution in [3.05, 3.63) is 62.6 Å². The van der Waals surface area contributed by atoms with E-state index in [1.165, 1.54) is 11.1 Å². The molecule has 0 saturated carbocycles. The van der Waals surface area contributed by atoms with Gasteiger partial charge in [0.15, 0.2) is 0 Å². The molecule has 0 heterocycles. The largest absolute Gasteiger partial charge is 0.496 e. The first kappa shape index (κ1) is 16.3. The first-order valence-corrected chi connectivity index (χ1v) is 7.97. The summed E-state index contributed by atoms with van der Waals surface area (Å²) < 4.78 is 6.51. The molecule has 21 heavy (non-hydrogen) atoms. The summed E-state index contributed by atoms with van der Waals surface area (Å²) >= 11 is 9.70. The molecule has 0 aliphatic carbocycles. The second kappa shape index (κ2) is 7.30. The summed E-state index contributed by atoms with van der Waals surface area (Å²) in [6.45, 7) is 2.06. The third-order valence-corrected chi connectivity index (χ3v) is 4.19. The predicted molar refractivity (Wildman–Crippen MR) is 92.4 cm³/mol. The van der Waals surface area contributed by atoms with Crippen molar-refractivity contribution in [1.82, 2.24) is 5.32 Å². The number of rotatable bonds is 5. The number of halogens is 2. The lowest BCUT2D eigenvalue weighted by molar-refractivity contribution is 0.406. The Morgan fingerprint density at radius 1 is 1.24 bits per heavy atom. The summed E-state index contributed by atoms with van der Waals surface area (Å²) in [5.41, 5.74) is 3.51. The fraction of sp³-hybridized carbons (Fsp3) is 0.294. The minimum Gasteiger partial charge on any atom is -0.496 e. The Morgan fingerprint density at radius 3 is 2.62 bits per heavy atom. The maximum Gasteiger partial charge on any atom is 0.122 e. The molecule has 1 atom stereocenters. The highest BCUT2D eigenvalue weighted by atomic mass is 79.9. The fourth-order valence-electron chi connectivity index (χ4n) is 2.48. The van der Waals surface area contributed by atoms with Gasteiger partial charge in [-0.2, -0.15) is 0 Å². The molecule has 1 N–H and O–H groups in total. The van der Waals surface area contributed by atoms with Gasteiger partial charge in [0.1, 0.15) is 5.75 Å². The number of hydrogen-bond acceptors (Lipinski definition) is 2. The van der Waals surface area contributed by atoms with E-state index in [-0.39, 0.29) is 6.04 Å². The van der Waals surface area contributed by atoms with Crippen LogP contribution in [0.4, 0.5) is 0 Å². The van der Waals surface area contributed by atoms with Crippen LogP contribution in [0.3, 0.4) is 0 Å². The lowest BCUT2D eigenvalue weighted by Gasteiger charge is -2.19. The standard InChI is InChI=1S/C17H19BrClNO/c1-11-6-12(9-15(19)7-11)16(20-2)10-13-8-14(18)4-5-17(13)21-3/h4-9,16,20H,10H2,1-3H3. The molecule has 1 unspecified atom stereocenters. The van der Waals surface area contributed by atoms with Gasteiger partial charge in [0.25, 0.3) is 0 Å². The SMILES string of the molecule is CNC(Cc1cc(Br)ccc1OC)c1cc(C)cc(Cl)c1. The molecule has 2 aromatic carbocycles. The van der Waals surface area contributed by atoms with Crippen molar-refractivity contribution < 1.29 is 4.74 Å². The summed E-state index contributed by atoms with van der Waals surface area (Å²) in [7, 11) is 3.66. The molecule has 0 spiro atoms. The molecule has 0 amide bonds. The topological polar surface area (TPSA) is 21.3 Å². The zero-order valence-electron chi connectivity index (χ0n) is 12.4. The fourth-order valence-corrected chi connectivity index (χ4v) is 3.19. The molecular weight excluding hydrogens is 350 g/mol. The zero-order valence-corrected chi connectivity index (χ0v) is 14.8. The third kappa shape index (κ3) is 4.22. The first-order chi connectivity index (χ1) is 10.0. The Morgan fingerprint density at radius 2 is 2.00 bits per heavy atom. The third-order valence-electron chi connectivity index (χ3n) is 3.48. The zero-order chi connectivity index (χ0) is 15.4. The van der Waals surface area contributed by atoms with Crippen molar-refractivity contribution in [3.8, 4) is 5.75 Å². The van der Waals surface area contributed by atoms with E-state index in [4.69, 9.17) is 16.3 Å². The van der Waals surface area contributed by atoms with E-state index < -0.39 is 0 Å². The van der Waals surface area contributed by atoms with Crippen LogP contribution in [0.2, 0.25) is 5.02 Å². The number of methoxy groups -OCH3 is 1. The summed E-state index contributed by atoms with van der Waals surface area (Å²) in [6, 6.07) is 12.4. The molecule has 2 nitrogen and oxygen atoms in total. The second-order valence-electron chi connectivity index (χ2n) is 5.06. The van der Waals surface area contributed by atoms with Gasteiger partial charge < -0.3 is 10.1 Å². The number of ether oxygens (including phenoxy) is 1. The summed E-state index contributed by atoms with van der Waals surface area (Å²) in [4.78, 5) is 0. The number of benzene rings is 2. The Hall–Kier alpha value is -1.03. The van der Waals surface area contributed by atoms with Crippen LogP contribution in [0, 0.1) is 6.92 Å².